The van der Waals surface area contributed by atoms with Crippen LogP contribution in [0.15, 0.2) is 18.2 Å². The standard InChI is InChI=1S/C16H25FO2/c1-3-4-5-6-7-8-11-19-14-9-10-15(13(2)18)16(17)12-14/h9-10,12-13,18H,3-8,11H2,1-2H3/t13-/m0/s1. The van der Waals surface area contributed by atoms with Gasteiger partial charge in [-0.05, 0) is 25.5 Å². The minimum absolute atomic E-state index is 0.312. The highest BCUT2D eigenvalue weighted by atomic mass is 19.1. The molecule has 0 bridgehead atoms. The molecule has 1 atom stereocenters. The maximum atomic E-state index is 13.6. The van der Waals surface area contributed by atoms with Crippen LogP contribution in [0.1, 0.15) is 64.0 Å². The zero-order valence-electron chi connectivity index (χ0n) is 12.0. The van der Waals surface area contributed by atoms with Crippen molar-refractivity contribution in [2.75, 3.05) is 6.61 Å². The van der Waals surface area contributed by atoms with Gasteiger partial charge in [-0.25, -0.2) is 4.39 Å². The lowest BCUT2D eigenvalue weighted by atomic mass is 10.1. The Morgan fingerprint density at radius 2 is 1.84 bits per heavy atom. The van der Waals surface area contributed by atoms with Gasteiger partial charge in [-0.3, -0.25) is 0 Å². The Labute approximate surface area is 115 Å². The monoisotopic (exact) mass is 268 g/mol. The molecule has 0 saturated carbocycles. The van der Waals surface area contributed by atoms with Gasteiger partial charge in [0.1, 0.15) is 11.6 Å². The lowest BCUT2D eigenvalue weighted by Gasteiger charge is -2.10. The van der Waals surface area contributed by atoms with Gasteiger partial charge in [0.15, 0.2) is 0 Å². The molecule has 0 aliphatic rings. The van der Waals surface area contributed by atoms with E-state index >= 15 is 0 Å². The molecular weight excluding hydrogens is 243 g/mol. The Morgan fingerprint density at radius 1 is 1.16 bits per heavy atom. The van der Waals surface area contributed by atoms with E-state index in [1.165, 1.54) is 31.7 Å². The highest BCUT2D eigenvalue weighted by molar-refractivity contribution is 5.29. The largest absolute Gasteiger partial charge is 0.493 e. The molecule has 3 heteroatoms. The lowest BCUT2D eigenvalue weighted by molar-refractivity contribution is 0.194. The fraction of sp³-hybridized carbons (Fsp3) is 0.625. The van der Waals surface area contributed by atoms with Crippen LogP contribution in [0.5, 0.6) is 5.75 Å². The van der Waals surface area contributed by atoms with Gasteiger partial charge < -0.3 is 9.84 Å². The molecule has 108 valence electrons. The molecule has 0 unspecified atom stereocenters. The van der Waals surface area contributed by atoms with Gasteiger partial charge in [0, 0.05) is 11.6 Å². The minimum atomic E-state index is -0.785. The number of hydrogen-bond donors (Lipinski definition) is 1. The summed E-state index contributed by atoms with van der Waals surface area (Å²) in [6.07, 6.45) is 6.46. The van der Waals surface area contributed by atoms with Crippen molar-refractivity contribution in [3.8, 4) is 5.75 Å². The summed E-state index contributed by atoms with van der Waals surface area (Å²) in [5.41, 5.74) is 0.312. The van der Waals surface area contributed by atoms with Crippen LogP contribution in [0.3, 0.4) is 0 Å². The van der Waals surface area contributed by atoms with E-state index < -0.39 is 11.9 Å². The summed E-state index contributed by atoms with van der Waals surface area (Å²) in [5, 5.41) is 9.33. The summed E-state index contributed by atoms with van der Waals surface area (Å²) < 4.78 is 19.1. The van der Waals surface area contributed by atoms with Crippen molar-refractivity contribution in [1.82, 2.24) is 0 Å². The van der Waals surface area contributed by atoms with E-state index in [0.29, 0.717) is 17.9 Å². The summed E-state index contributed by atoms with van der Waals surface area (Å²) in [6.45, 7) is 4.38. The normalized spacial score (nSPS) is 12.4. The van der Waals surface area contributed by atoms with Crippen molar-refractivity contribution in [3.63, 3.8) is 0 Å². The molecule has 0 amide bonds. The Hall–Kier alpha value is -1.09. The molecule has 19 heavy (non-hydrogen) atoms. The molecule has 0 aliphatic carbocycles. The molecule has 0 spiro atoms. The van der Waals surface area contributed by atoms with Crippen molar-refractivity contribution >= 4 is 0 Å². The molecule has 0 aliphatic heterocycles. The lowest BCUT2D eigenvalue weighted by Crippen LogP contribution is -2.00. The number of rotatable bonds is 9. The van der Waals surface area contributed by atoms with E-state index in [1.807, 2.05) is 0 Å². The topological polar surface area (TPSA) is 29.5 Å². The van der Waals surface area contributed by atoms with Crippen LogP contribution in [0, 0.1) is 5.82 Å². The summed E-state index contributed by atoms with van der Waals surface area (Å²) in [6, 6.07) is 4.64. The maximum Gasteiger partial charge on any atom is 0.132 e. The third kappa shape index (κ3) is 6.06. The first-order valence-electron chi connectivity index (χ1n) is 7.25. The predicted octanol–water partition coefficient (Wildman–Crippen LogP) is 4.62. The number of halogens is 1. The zero-order chi connectivity index (χ0) is 14.1. The molecule has 2 nitrogen and oxygen atoms in total. The molecular formula is C16H25FO2. The average Bonchev–Trinajstić information content (AvgIpc) is 2.37. The number of hydrogen-bond acceptors (Lipinski definition) is 2. The Morgan fingerprint density at radius 3 is 2.47 bits per heavy atom. The Bertz CT molecular complexity index is 364. The van der Waals surface area contributed by atoms with Crippen LogP contribution in [-0.4, -0.2) is 11.7 Å². The van der Waals surface area contributed by atoms with Gasteiger partial charge in [0.05, 0.1) is 12.7 Å². The molecule has 1 rings (SSSR count). The quantitative estimate of drug-likeness (QED) is 0.662. The van der Waals surface area contributed by atoms with E-state index in [-0.39, 0.29) is 0 Å². The van der Waals surface area contributed by atoms with Crippen molar-refractivity contribution in [3.05, 3.63) is 29.6 Å². The first kappa shape index (κ1) is 16.0. The smallest absolute Gasteiger partial charge is 0.132 e. The molecule has 0 aromatic heterocycles. The third-order valence-electron chi connectivity index (χ3n) is 3.19. The van der Waals surface area contributed by atoms with Crippen LogP contribution in [0.2, 0.25) is 0 Å². The van der Waals surface area contributed by atoms with Crippen LogP contribution >= 0.6 is 0 Å². The summed E-state index contributed by atoms with van der Waals surface area (Å²) in [7, 11) is 0. The van der Waals surface area contributed by atoms with Gasteiger partial charge in [0.2, 0.25) is 0 Å². The number of aliphatic hydroxyl groups excluding tert-OH is 1. The second-order valence-electron chi connectivity index (χ2n) is 4.98. The highest BCUT2D eigenvalue weighted by Crippen LogP contribution is 2.21. The Balaban J connectivity index is 2.25. The Kier molecular flexibility index (Phi) is 7.49. The number of unbranched alkanes of at least 4 members (excludes halogenated alkanes) is 5. The number of benzene rings is 1. The van der Waals surface area contributed by atoms with Gasteiger partial charge in [-0.15, -0.1) is 0 Å². The average molecular weight is 268 g/mol. The minimum Gasteiger partial charge on any atom is -0.493 e. The van der Waals surface area contributed by atoms with Crippen LogP contribution in [-0.2, 0) is 0 Å². The molecule has 1 aromatic rings. The van der Waals surface area contributed by atoms with E-state index in [0.717, 1.165) is 12.8 Å². The van der Waals surface area contributed by atoms with Crippen molar-refractivity contribution < 1.29 is 14.2 Å². The molecule has 0 saturated heterocycles. The fourth-order valence-electron chi connectivity index (χ4n) is 2.01. The van der Waals surface area contributed by atoms with Crippen LogP contribution in [0.4, 0.5) is 4.39 Å². The maximum absolute atomic E-state index is 13.6. The molecule has 0 fully saturated rings. The summed E-state index contributed by atoms with van der Waals surface area (Å²) >= 11 is 0. The van der Waals surface area contributed by atoms with Crippen LogP contribution in [0.25, 0.3) is 0 Å². The third-order valence-corrected chi connectivity index (χ3v) is 3.19. The molecule has 1 aromatic carbocycles. The van der Waals surface area contributed by atoms with E-state index in [9.17, 15) is 9.50 Å². The second kappa shape index (κ2) is 8.92. The van der Waals surface area contributed by atoms with E-state index in [1.54, 1.807) is 19.1 Å². The zero-order valence-corrected chi connectivity index (χ0v) is 12.0. The number of ether oxygens (including phenoxy) is 1. The van der Waals surface area contributed by atoms with Crippen LogP contribution < -0.4 is 4.74 Å². The predicted molar refractivity (Wildman–Crippen MR) is 75.9 cm³/mol. The van der Waals surface area contributed by atoms with Gasteiger partial charge in [0.25, 0.3) is 0 Å². The number of aliphatic hydroxyl groups is 1. The fourth-order valence-corrected chi connectivity index (χ4v) is 2.01. The van der Waals surface area contributed by atoms with E-state index in [4.69, 9.17) is 4.74 Å². The summed E-state index contributed by atoms with van der Waals surface area (Å²) in [4.78, 5) is 0. The first-order chi connectivity index (χ1) is 9.15. The highest BCUT2D eigenvalue weighted by Gasteiger charge is 2.08. The molecule has 0 heterocycles. The van der Waals surface area contributed by atoms with Gasteiger partial charge in [-0.1, -0.05) is 39.0 Å². The second-order valence-corrected chi connectivity index (χ2v) is 4.98. The summed E-state index contributed by atoms with van der Waals surface area (Å²) in [5.74, 6) is 0.130. The van der Waals surface area contributed by atoms with Gasteiger partial charge in [-0.2, -0.15) is 0 Å². The van der Waals surface area contributed by atoms with E-state index in [2.05, 4.69) is 6.92 Å². The molecule has 1 N–H and O–H groups in total. The van der Waals surface area contributed by atoms with Gasteiger partial charge >= 0.3 is 0 Å². The first-order valence-corrected chi connectivity index (χ1v) is 7.25. The molecule has 0 radical (unpaired) electrons. The van der Waals surface area contributed by atoms with Crippen molar-refractivity contribution in [2.24, 2.45) is 0 Å². The van der Waals surface area contributed by atoms with Crippen molar-refractivity contribution in [2.45, 2.75) is 58.5 Å². The SMILES string of the molecule is CCCCCCCCOc1ccc([C@H](C)O)c(F)c1. The van der Waals surface area contributed by atoms with Crippen molar-refractivity contribution in [1.29, 1.82) is 0 Å².